The Morgan fingerprint density at radius 3 is 1.39 bits per heavy atom. The van der Waals surface area contributed by atoms with Gasteiger partial charge in [-0.05, 0) is 23.3 Å². The second-order valence-corrected chi connectivity index (χ2v) is 31.0. The van der Waals surface area contributed by atoms with Gasteiger partial charge in [0.2, 0.25) is 0 Å². The van der Waals surface area contributed by atoms with Gasteiger partial charge in [-0.25, -0.2) is 0 Å². The monoisotopic (exact) mass is 478 g/mol. The van der Waals surface area contributed by atoms with Crippen LogP contribution in [0.1, 0.15) is 13.8 Å². The van der Waals surface area contributed by atoms with Crippen molar-refractivity contribution in [2.24, 2.45) is 0 Å². The molecule has 3 rings (SSSR count). The molecule has 0 saturated heterocycles. The summed E-state index contributed by atoms with van der Waals surface area (Å²) in [5.74, 6) is 0. The van der Waals surface area contributed by atoms with E-state index in [1.807, 2.05) is 15.2 Å². The van der Waals surface area contributed by atoms with Crippen molar-refractivity contribution in [3.63, 3.8) is 0 Å². The molecule has 0 spiro atoms. The van der Waals surface area contributed by atoms with Crippen LogP contribution in [0.2, 0.25) is 58.4 Å². The van der Waals surface area contributed by atoms with Crippen molar-refractivity contribution in [3.8, 4) is 0 Å². The first-order chi connectivity index (χ1) is 14.3. The molecule has 0 aromatic heterocycles. The van der Waals surface area contributed by atoms with Crippen LogP contribution >= 0.6 is 0 Å². The summed E-state index contributed by atoms with van der Waals surface area (Å²) >= 11 is 0. The Bertz CT molecular complexity index is 961. The van der Waals surface area contributed by atoms with Crippen molar-refractivity contribution in [2.75, 3.05) is 0 Å². The lowest BCUT2D eigenvalue weighted by Crippen LogP contribution is -2.62. The number of rotatable bonds is 6. The smallest absolute Gasteiger partial charge is 0.0868 e. The van der Waals surface area contributed by atoms with E-state index < -0.39 is 32.3 Å². The number of hydrogen-bond donors (Lipinski definition) is 0. The van der Waals surface area contributed by atoms with E-state index in [-0.39, 0.29) is 0 Å². The third-order valence-corrected chi connectivity index (χ3v) is 25.1. The fourth-order valence-corrected chi connectivity index (χ4v) is 31.3. The molecule has 0 unspecified atom stereocenters. The van der Waals surface area contributed by atoms with Gasteiger partial charge in [-0.1, -0.05) is 140 Å². The second-order valence-electron chi connectivity index (χ2n) is 11.9. The topological polar surface area (TPSA) is 0 Å². The minimum absolute atomic E-state index is 1.23. The van der Waals surface area contributed by atoms with E-state index in [4.69, 9.17) is 0 Å². The minimum atomic E-state index is -2.14. The molecule has 0 atom stereocenters. The average molecular weight is 479 g/mol. The van der Waals surface area contributed by atoms with Crippen LogP contribution in [0.3, 0.4) is 0 Å². The van der Waals surface area contributed by atoms with Gasteiger partial charge in [-0.15, -0.1) is 0 Å². The largest absolute Gasteiger partial charge is 0.147 e. The van der Waals surface area contributed by atoms with Gasteiger partial charge < -0.3 is 0 Å². The van der Waals surface area contributed by atoms with Crippen LogP contribution < -0.4 is 10.4 Å². The van der Waals surface area contributed by atoms with Gasteiger partial charge in [0, 0.05) is 0 Å². The Morgan fingerprint density at radius 1 is 0.645 bits per heavy atom. The van der Waals surface area contributed by atoms with Crippen molar-refractivity contribution in [3.05, 3.63) is 81.1 Å². The van der Waals surface area contributed by atoms with Crippen LogP contribution in [-0.4, -0.2) is 32.3 Å². The van der Waals surface area contributed by atoms with Crippen LogP contribution in [0.15, 0.2) is 81.1 Å². The molecule has 0 radical (unpaired) electrons. The minimum Gasteiger partial charge on any atom is -0.0868 e. The first-order valence-corrected chi connectivity index (χ1v) is 24.1. The highest BCUT2D eigenvalue weighted by Gasteiger charge is 2.54. The molecule has 1 aliphatic rings. The van der Waals surface area contributed by atoms with Crippen LogP contribution in [0.4, 0.5) is 0 Å². The zero-order valence-corrected chi connectivity index (χ0v) is 25.5. The Balaban J connectivity index is 2.60. The maximum absolute atomic E-state index is 2.66. The lowest BCUT2D eigenvalue weighted by molar-refractivity contribution is 1.37. The normalized spacial score (nSPS) is 17.5. The van der Waals surface area contributed by atoms with Crippen LogP contribution in [0, 0.1) is 0 Å². The highest BCUT2D eigenvalue weighted by Crippen LogP contribution is 2.49. The van der Waals surface area contributed by atoms with Crippen molar-refractivity contribution < 1.29 is 0 Å². The average Bonchev–Trinajstić information content (AvgIpc) is 2.91. The molecule has 31 heavy (non-hydrogen) atoms. The van der Waals surface area contributed by atoms with Gasteiger partial charge in [0.1, 0.15) is 8.07 Å². The SMILES string of the molecule is CC[Si](C1=C([Si](C)(C)C)[Si](C)(C)C(C)=C1[Si](C)(C)C)(c1ccccc1)c1ccccc1. The van der Waals surface area contributed by atoms with E-state index in [0.717, 1.165) is 0 Å². The van der Waals surface area contributed by atoms with Gasteiger partial charge in [0.05, 0.1) is 24.2 Å². The Labute approximate surface area is 195 Å². The highest BCUT2D eigenvalue weighted by molar-refractivity contribution is 7.18. The fraction of sp³-hybridized carbons (Fsp3) is 0.407. The first-order valence-electron chi connectivity index (χ1n) is 11.9. The Kier molecular flexibility index (Phi) is 6.53. The molecule has 0 aliphatic carbocycles. The molecular formula is C27H42Si4. The number of benzene rings is 2. The molecule has 2 aromatic rings. The molecule has 166 valence electrons. The van der Waals surface area contributed by atoms with Crippen molar-refractivity contribution >= 4 is 42.7 Å². The third-order valence-electron chi connectivity index (χ3n) is 7.43. The molecule has 0 bridgehead atoms. The molecule has 2 aromatic carbocycles. The molecule has 0 nitrogen and oxygen atoms in total. The summed E-state index contributed by atoms with van der Waals surface area (Å²) in [6, 6.07) is 24.5. The lowest BCUT2D eigenvalue weighted by Gasteiger charge is -2.42. The van der Waals surface area contributed by atoms with Gasteiger partial charge >= 0.3 is 0 Å². The van der Waals surface area contributed by atoms with Gasteiger partial charge in [0.15, 0.2) is 0 Å². The second kappa shape index (κ2) is 8.29. The van der Waals surface area contributed by atoms with E-state index in [9.17, 15) is 0 Å². The van der Waals surface area contributed by atoms with E-state index in [0.29, 0.717) is 0 Å². The summed E-state index contributed by atoms with van der Waals surface area (Å²) in [5, 5.41) is 8.74. The highest BCUT2D eigenvalue weighted by atomic mass is 28.4. The maximum atomic E-state index is 2.66. The zero-order chi connectivity index (χ0) is 23.2. The van der Waals surface area contributed by atoms with Gasteiger partial charge in [-0.3, -0.25) is 0 Å². The van der Waals surface area contributed by atoms with Crippen molar-refractivity contribution in [1.29, 1.82) is 0 Å². The summed E-state index contributed by atoms with van der Waals surface area (Å²) in [6.45, 7) is 25.9. The van der Waals surface area contributed by atoms with Gasteiger partial charge in [0.25, 0.3) is 0 Å². The van der Waals surface area contributed by atoms with E-state index >= 15 is 0 Å². The first kappa shape index (κ1) is 24.4. The molecule has 0 N–H and O–H groups in total. The van der Waals surface area contributed by atoms with Crippen LogP contribution in [-0.2, 0) is 0 Å². The molecular weight excluding hydrogens is 437 g/mol. The molecule has 0 fully saturated rings. The van der Waals surface area contributed by atoms with Crippen molar-refractivity contribution in [2.45, 2.75) is 72.3 Å². The number of allylic oxidation sites excluding steroid dienone is 3. The molecule has 1 aliphatic heterocycles. The van der Waals surface area contributed by atoms with Crippen molar-refractivity contribution in [1.82, 2.24) is 0 Å². The maximum Gasteiger partial charge on any atom is 0.147 e. The summed E-state index contributed by atoms with van der Waals surface area (Å²) in [5.41, 5.74) is 0. The summed E-state index contributed by atoms with van der Waals surface area (Å²) in [6.07, 6.45) is 0. The summed E-state index contributed by atoms with van der Waals surface area (Å²) < 4.78 is 0. The lowest BCUT2D eigenvalue weighted by atomic mass is 10.4. The standard InChI is InChI=1S/C27H42Si4/c1-11-31(23-18-14-12-15-19-23,24-20-16-13-17-21-24)26-25(28(3,4)5)22(2)30(9,10)27(26)29(6,7)8/h12-21H,11H2,1-10H3. The molecule has 0 amide bonds. The summed E-state index contributed by atoms with van der Waals surface area (Å²) in [7, 11) is -6.84. The number of hydrogen-bond acceptors (Lipinski definition) is 0. The molecule has 0 saturated carbocycles. The zero-order valence-electron chi connectivity index (χ0n) is 21.5. The predicted octanol–water partition coefficient (Wildman–Crippen LogP) is 6.98. The van der Waals surface area contributed by atoms with Crippen LogP contribution in [0.25, 0.3) is 0 Å². The predicted molar refractivity (Wildman–Crippen MR) is 152 cm³/mol. The quantitative estimate of drug-likeness (QED) is 0.393. The molecule has 1 heterocycles. The Hall–Kier alpha value is -1.21. The summed E-state index contributed by atoms with van der Waals surface area (Å²) in [4.78, 5) is 1.97. The Morgan fingerprint density at radius 2 is 1.06 bits per heavy atom. The van der Waals surface area contributed by atoms with E-state index in [2.05, 4.69) is 127 Å². The van der Waals surface area contributed by atoms with E-state index in [1.165, 1.54) is 6.04 Å². The third kappa shape index (κ3) is 4.01. The van der Waals surface area contributed by atoms with E-state index in [1.54, 1.807) is 15.6 Å². The van der Waals surface area contributed by atoms with Crippen LogP contribution in [0.5, 0.6) is 0 Å². The van der Waals surface area contributed by atoms with Gasteiger partial charge in [-0.2, -0.15) is 0 Å². The molecule has 4 heteroatoms. The fourth-order valence-electron chi connectivity index (χ4n) is 6.29.